The maximum atomic E-state index is 13.2. The Kier molecular flexibility index (Phi) is 6.14. The van der Waals surface area contributed by atoms with Crippen molar-refractivity contribution < 1.29 is 24.2 Å². The summed E-state index contributed by atoms with van der Waals surface area (Å²) in [5, 5.41) is 29.1. The molecule has 35 heavy (non-hydrogen) atoms. The molecule has 5 rings (SSSR count). The first-order chi connectivity index (χ1) is 16.9. The fourth-order valence-electron chi connectivity index (χ4n) is 3.73. The first-order valence-corrected chi connectivity index (χ1v) is 12.4. The fraction of sp³-hybridized carbons (Fsp3) is 0.120. The average molecular weight is 506 g/mol. The van der Waals surface area contributed by atoms with E-state index in [0.29, 0.717) is 15.7 Å². The van der Waals surface area contributed by atoms with Gasteiger partial charge in [0.05, 0.1) is 17.9 Å². The molecule has 0 bridgehead atoms. The minimum atomic E-state index is -0.969. The molecule has 2 N–H and O–H groups in total. The number of aromatic hydroxyl groups is 1. The van der Waals surface area contributed by atoms with Gasteiger partial charge < -0.3 is 14.6 Å². The van der Waals surface area contributed by atoms with Gasteiger partial charge in [-0.3, -0.25) is 14.5 Å². The zero-order chi connectivity index (χ0) is 24.5. The van der Waals surface area contributed by atoms with Crippen LogP contribution in [-0.4, -0.2) is 32.1 Å². The predicted molar refractivity (Wildman–Crippen MR) is 132 cm³/mol. The molecule has 10 heteroatoms. The standard InChI is InChI=1S/C25H19N3O5S2/c1-14-4-6-15(7-5-14)13-34-25-27-26-24(35-25)28-20(16-8-10-17(29)11-9-16)19(22(31)23(28)32)21(30)18-3-2-12-33-18/h2-12,20,29,31H,13H2,1H3. The number of furan rings is 1. The molecule has 3 heterocycles. The second kappa shape index (κ2) is 9.40. The van der Waals surface area contributed by atoms with E-state index >= 15 is 0 Å². The number of aromatic nitrogens is 2. The Bertz CT molecular complexity index is 1410. The van der Waals surface area contributed by atoms with E-state index in [9.17, 15) is 19.8 Å². The average Bonchev–Trinajstić information content (AvgIpc) is 3.60. The molecule has 8 nitrogen and oxygen atoms in total. The van der Waals surface area contributed by atoms with Gasteiger partial charge in [0, 0.05) is 5.75 Å². The number of aliphatic hydroxyl groups excluding tert-OH is 1. The molecule has 4 aromatic rings. The summed E-state index contributed by atoms with van der Waals surface area (Å²) < 4.78 is 5.87. The summed E-state index contributed by atoms with van der Waals surface area (Å²) in [7, 11) is 0. The number of carbonyl (C=O) groups is 2. The number of hydrogen-bond acceptors (Lipinski definition) is 9. The molecular formula is C25H19N3O5S2. The molecule has 1 atom stereocenters. The van der Waals surface area contributed by atoms with Crippen LogP contribution in [0.15, 0.2) is 87.0 Å². The number of rotatable bonds is 7. The number of thioether (sulfide) groups is 1. The zero-order valence-electron chi connectivity index (χ0n) is 18.4. The monoisotopic (exact) mass is 505 g/mol. The lowest BCUT2D eigenvalue weighted by molar-refractivity contribution is -0.117. The van der Waals surface area contributed by atoms with Crippen LogP contribution in [0.3, 0.4) is 0 Å². The van der Waals surface area contributed by atoms with Crippen molar-refractivity contribution >= 4 is 39.9 Å². The van der Waals surface area contributed by atoms with Gasteiger partial charge in [-0.25, -0.2) is 0 Å². The van der Waals surface area contributed by atoms with Crippen LogP contribution in [0.25, 0.3) is 0 Å². The van der Waals surface area contributed by atoms with Crippen LogP contribution in [0.4, 0.5) is 5.13 Å². The van der Waals surface area contributed by atoms with E-state index in [-0.39, 0.29) is 22.2 Å². The summed E-state index contributed by atoms with van der Waals surface area (Å²) in [6.45, 7) is 2.03. The topological polar surface area (TPSA) is 117 Å². The van der Waals surface area contributed by atoms with Crippen LogP contribution in [0.2, 0.25) is 0 Å². The van der Waals surface area contributed by atoms with Crippen molar-refractivity contribution in [1.82, 2.24) is 10.2 Å². The summed E-state index contributed by atoms with van der Waals surface area (Å²) >= 11 is 2.68. The van der Waals surface area contributed by atoms with Crippen LogP contribution >= 0.6 is 23.1 Å². The molecule has 0 radical (unpaired) electrons. The van der Waals surface area contributed by atoms with Gasteiger partial charge in [-0.05, 0) is 42.3 Å². The van der Waals surface area contributed by atoms with Gasteiger partial charge >= 0.3 is 0 Å². The summed E-state index contributed by atoms with van der Waals surface area (Å²) in [6.07, 6.45) is 1.34. The van der Waals surface area contributed by atoms with Gasteiger partial charge in [-0.1, -0.05) is 65.1 Å². The third-order valence-electron chi connectivity index (χ3n) is 5.49. The number of carbonyl (C=O) groups excluding carboxylic acids is 2. The normalized spacial score (nSPS) is 15.7. The van der Waals surface area contributed by atoms with Crippen molar-refractivity contribution in [2.45, 2.75) is 23.1 Å². The summed E-state index contributed by atoms with van der Waals surface area (Å²) in [5.41, 5.74) is 2.69. The van der Waals surface area contributed by atoms with E-state index < -0.39 is 23.5 Å². The van der Waals surface area contributed by atoms with Gasteiger partial charge in [0.25, 0.3) is 5.91 Å². The fourth-order valence-corrected chi connectivity index (χ4v) is 5.56. The molecule has 1 amide bonds. The Balaban J connectivity index is 1.48. The van der Waals surface area contributed by atoms with Crippen molar-refractivity contribution in [3.63, 3.8) is 0 Å². The number of amides is 1. The van der Waals surface area contributed by atoms with Crippen LogP contribution in [0, 0.1) is 6.92 Å². The Morgan fingerprint density at radius 2 is 1.83 bits per heavy atom. The van der Waals surface area contributed by atoms with Gasteiger partial charge in [-0.15, -0.1) is 10.2 Å². The number of ketones is 1. The lowest BCUT2D eigenvalue weighted by Crippen LogP contribution is -2.31. The van der Waals surface area contributed by atoms with Crippen molar-refractivity contribution in [2.24, 2.45) is 0 Å². The van der Waals surface area contributed by atoms with Gasteiger partial charge in [-0.2, -0.15) is 0 Å². The molecule has 0 saturated carbocycles. The van der Waals surface area contributed by atoms with Crippen molar-refractivity contribution in [1.29, 1.82) is 0 Å². The number of phenols is 1. The summed E-state index contributed by atoms with van der Waals surface area (Å²) in [4.78, 5) is 27.6. The van der Waals surface area contributed by atoms with Crippen LogP contribution < -0.4 is 4.90 Å². The first kappa shape index (κ1) is 22.9. The van der Waals surface area contributed by atoms with Crippen molar-refractivity contribution in [2.75, 3.05) is 4.90 Å². The maximum Gasteiger partial charge on any atom is 0.296 e. The third kappa shape index (κ3) is 4.45. The van der Waals surface area contributed by atoms with Crippen LogP contribution in [-0.2, 0) is 10.5 Å². The van der Waals surface area contributed by atoms with E-state index in [2.05, 4.69) is 10.2 Å². The van der Waals surface area contributed by atoms with Gasteiger partial charge in [0.15, 0.2) is 15.9 Å². The Morgan fingerprint density at radius 3 is 2.51 bits per heavy atom. The molecule has 2 aromatic carbocycles. The van der Waals surface area contributed by atoms with E-state index in [4.69, 9.17) is 4.42 Å². The highest BCUT2D eigenvalue weighted by molar-refractivity contribution is 8.00. The third-order valence-corrected chi connectivity index (χ3v) is 7.62. The Morgan fingerprint density at radius 1 is 1.09 bits per heavy atom. The number of aryl methyl sites for hydroxylation is 1. The highest BCUT2D eigenvalue weighted by Crippen LogP contribution is 2.44. The Labute approximate surface area is 208 Å². The van der Waals surface area contributed by atoms with E-state index in [1.807, 2.05) is 31.2 Å². The first-order valence-electron chi connectivity index (χ1n) is 10.6. The molecule has 0 fully saturated rings. The zero-order valence-corrected chi connectivity index (χ0v) is 20.0. The smallest absolute Gasteiger partial charge is 0.296 e. The number of aliphatic hydroxyl groups is 1. The molecule has 0 saturated heterocycles. The molecule has 1 unspecified atom stereocenters. The maximum absolute atomic E-state index is 13.2. The molecule has 0 spiro atoms. The Hall–Kier alpha value is -3.89. The lowest BCUT2D eigenvalue weighted by atomic mass is 9.95. The highest BCUT2D eigenvalue weighted by atomic mass is 32.2. The lowest BCUT2D eigenvalue weighted by Gasteiger charge is -2.23. The largest absolute Gasteiger partial charge is 0.508 e. The second-order valence-corrected chi connectivity index (χ2v) is 10.0. The molecule has 1 aliphatic rings. The summed E-state index contributed by atoms with van der Waals surface area (Å²) in [5.74, 6) is -1.34. The number of anilines is 1. The number of benzene rings is 2. The van der Waals surface area contributed by atoms with E-state index in [1.54, 1.807) is 18.2 Å². The minimum Gasteiger partial charge on any atom is -0.508 e. The van der Waals surface area contributed by atoms with Crippen LogP contribution in [0.1, 0.15) is 33.3 Å². The van der Waals surface area contributed by atoms with E-state index in [1.165, 1.54) is 58.0 Å². The number of Topliss-reactive ketones (excluding diaryl/α,β-unsaturated/α-hetero) is 1. The predicted octanol–water partition coefficient (Wildman–Crippen LogP) is 5.22. The molecule has 1 aliphatic heterocycles. The van der Waals surface area contributed by atoms with Gasteiger partial charge in [0.1, 0.15) is 5.75 Å². The molecule has 0 aliphatic carbocycles. The molecular weight excluding hydrogens is 486 g/mol. The SMILES string of the molecule is Cc1ccc(CSc2nnc(N3C(=O)C(O)=C(C(=O)c4ccco4)C3c3ccc(O)cc3)s2)cc1. The summed E-state index contributed by atoms with van der Waals surface area (Å²) in [6, 6.07) is 16.3. The number of nitrogens with zero attached hydrogens (tertiary/aromatic N) is 3. The van der Waals surface area contributed by atoms with E-state index in [0.717, 1.165) is 5.56 Å². The number of hydrogen-bond donors (Lipinski definition) is 2. The second-order valence-electron chi connectivity index (χ2n) is 7.86. The van der Waals surface area contributed by atoms with Crippen LogP contribution in [0.5, 0.6) is 5.75 Å². The highest BCUT2D eigenvalue weighted by Gasteiger charge is 2.46. The van der Waals surface area contributed by atoms with Crippen molar-refractivity contribution in [3.8, 4) is 5.75 Å². The molecule has 2 aromatic heterocycles. The number of phenolic OH excluding ortho intramolecular Hbond substituents is 1. The quantitative estimate of drug-likeness (QED) is 0.199. The minimum absolute atomic E-state index is 0.00316. The van der Waals surface area contributed by atoms with Gasteiger partial charge in [0.2, 0.25) is 10.9 Å². The van der Waals surface area contributed by atoms with Crippen molar-refractivity contribution in [3.05, 3.63) is 101 Å². The molecule has 176 valence electrons.